The van der Waals surface area contributed by atoms with Crippen molar-refractivity contribution < 1.29 is 13.9 Å². The first-order valence-electron chi connectivity index (χ1n) is 10.2. The van der Waals surface area contributed by atoms with E-state index in [0.29, 0.717) is 28.0 Å². The minimum Gasteiger partial charge on any atom is -0.484 e. The number of amides is 1. The molecule has 0 spiro atoms. The van der Waals surface area contributed by atoms with Crippen LogP contribution in [-0.2, 0) is 4.79 Å². The zero-order chi connectivity index (χ0) is 21.9. The number of rotatable bonds is 5. The fourth-order valence-electron chi connectivity index (χ4n) is 3.63. The lowest BCUT2D eigenvalue weighted by molar-refractivity contribution is -0.118. The van der Waals surface area contributed by atoms with Gasteiger partial charge in [-0.2, -0.15) is 0 Å². The molecule has 0 radical (unpaired) electrons. The Morgan fingerprint density at radius 2 is 1.62 bits per heavy atom. The third kappa shape index (κ3) is 3.96. The maximum Gasteiger partial charge on any atom is 0.262 e. The number of benzene rings is 4. The van der Waals surface area contributed by atoms with E-state index in [4.69, 9.17) is 9.15 Å². The molecule has 32 heavy (non-hydrogen) atoms. The molecule has 0 aliphatic heterocycles. The van der Waals surface area contributed by atoms with Crippen LogP contribution in [0.1, 0.15) is 0 Å². The highest BCUT2D eigenvalue weighted by Crippen LogP contribution is 2.23. The molecule has 0 saturated carbocycles. The summed E-state index contributed by atoms with van der Waals surface area (Å²) in [4.78, 5) is 25.2. The number of nitrogens with one attached hydrogen (secondary N) is 1. The van der Waals surface area contributed by atoms with E-state index in [1.165, 1.54) is 6.26 Å². The first-order valence-corrected chi connectivity index (χ1v) is 10.2. The maximum atomic E-state index is 12.8. The van der Waals surface area contributed by atoms with Gasteiger partial charge in [-0.1, -0.05) is 60.7 Å². The molecule has 0 bridgehead atoms. The number of anilines is 1. The lowest BCUT2D eigenvalue weighted by atomic mass is 10.1. The summed E-state index contributed by atoms with van der Waals surface area (Å²) in [7, 11) is 0. The molecule has 5 aromatic rings. The smallest absolute Gasteiger partial charge is 0.262 e. The predicted molar refractivity (Wildman–Crippen MR) is 126 cm³/mol. The number of hydrogen-bond donors (Lipinski definition) is 1. The van der Waals surface area contributed by atoms with Crippen molar-refractivity contribution in [3.63, 3.8) is 0 Å². The van der Waals surface area contributed by atoms with Crippen LogP contribution < -0.4 is 15.5 Å². The van der Waals surface area contributed by atoms with Gasteiger partial charge in [0.25, 0.3) is 5.91 Å². The van der Waals surface area contributed by atoms with Gasteiger partial charge in [0.15, 0.2) is 12.0 Å². The molecule has 5 nitrogen and oxygen atoms in total. The van der Waals surface area contributed by atoms with Crippen LogP contribution in [0.4, 0.5) is 5.69 Å². The topological polar surface area (TPSA) is 68.5 Å². The third-order valence-electron chi connectivity index (χ3n) is 5.23. The second kappa shape index (κ2) is 8.40. The summed E-state index contributed by atoms with van der Waals surface area (Å²) < 4.78 is 11.3. The van der Waals surface area contributed by atoms with E-state index in [-0.39, 0.29) is 17.9 Å². The fraction of sp³-hybridized carbons (Fsp3) is 0.0370. The van der Waals surface area contributed by atoms with Crippen molar-refractivity contribution in [1.29, 1.82) is 0 Å². The molecule has 156 valence electrons. The van der Waals surface area contributed by atoms with Crippen LogP contribution in [0.25, 0.3) is 32.9 Å². The average molecular weight is 421 g/mol. The first-order chi connectivity index (χ1) is 15.7. The Bertz CT molecular complexity index is 1490. The molecule has 1 amide bonds. The molecule has 5 rings (SSSR count). The zero-order valence-electron chi connectivity index (χ0n) is 17.1. The van der Waals surface area contributed by atoms with Crippen LogP contribution in [0.2, 0.25) is 0 Å². The quantitative estimate of drug-likeness (QED) is 0.399. The van der Waals surface area contributed by atoms with Crippen molar-refractivity contribution in [2.75, 3.05) is 11.9 Å². The molecule has 0 unspecified atom stereocenters. The summed E-state index contributed by atoms with van der Waals surface area (Å²) in [5.41, 5.74) is 2.30. The monoisotopic (exact) mass is 421 g/mol. The summed E-state index contributed by atoms with van der Waals surface area (Å²) in [6, 6.07) is 28.0. The summed E-state index contributed by atoms with van der Waals surface area (Å²) in [5.74, 6) is 0.169. The van der Waals surface area contributed by atoms with Gasteiger partial charge < -0.3 is 14.5 Å². The Morgan fingerprint density at radius 3 is 2.47 bits per heavy atom. The van der Waals surface area contributed by atoms with Crippen LogP contribution in [0.5, 0.6) is 5.75 Å². The largest absolute Gasteiger partial charge is 0.484 e. The maximum absolute atomic E-state index is 12.8. The predicted octanol–water partition coefficient (Wildman–Crippen LogP) is 5.63. The number of carbonyl (C=O) groups is 1. The van der Waals surface area contributed by atoms with Gasteiger partial charge in [0.1, 0.15) is 17.6 Å². The summed E-state index contributed by atoms with van der Waals surface area (Å²) in [6.45, 7) is -0.162. The Hall–Kier alpha value is -4.38. The van der Waals surface area contributed by atoms with Crippen molar-refractivity contribution >= 4 is 33.3 Å². The Labute approximate surface area is 183 Å². The first kappa shape index (κ1) is 19.6. The van der Waals surface area contributed by atoms with Crippen LogP contribution in [0, 0.1) is 0 Å². The fourth-order valence-corrected chi connectivity index (χ4v) is 3.63. The average Bonchev–Trinajstić information content (AvgIpc) is 2.83. The van der Waals surface area contributed by atoms with Crippen LogP contribution in [0.15, 0.2) is 106 Å². The molecule has 0 atom stereocenters. The van der Waals surface area contributed by atoms with Gasteiger partial charge in [0.2, 0.25) is 0 Å². The molecule has 4 aromatic carbocycles. The Balaban J connectivity index is 1.29. The Kier molecular flexibility index (Phi) is 5.14. The second-order valence-electron chi connectivity index (χ2n) is 7.40. The minimum absolute atomic E-state index is 0.113. The van der Waals surface area contributed by atoms with Gasteiger partial charge in [-0.3, -0.25) is 9.59 Å². The lowest BCUT2D eigenvalue weighted by Gasteiger charge is -2.09. The minimum atomic E-state index is -0.277. The van der Waals surface area contributed by atoms with Crippen molar-refractivity contribution in [2.24, 2.45) is 0 Å². The van der Waals surface area contributed by atoms with Crippen molar-refractivity contribution in [1.82, 2.24) is 0 Å². The highest BCUT2D eigenvalue weighted by atomic mass is 16.5. The molecular weight excluding hydrogens is 402 g/mol. The number of hydrogen-bond acceptors (Lipinski definition) is 4. The molecule has 0 saturated heterocycles. The SMILES string of the molecule is O=C(COc1ccc2c(=O)c(-c3ccccc3)coc2c1)Nc1ccc2ccccc2c1. The van der Waals surface area contributed by atoms with Crippen molar-refractivity contribution in [3.05, 3.63) is 107 Å². The lowest BCUT2D eigenvalue weighted by Crippen LogP contribution is -2.20. The second-order valence-corrected chi connectivity index (χ2v) is 7.40. The normalized spacial score (nSPS) is 10.9. The summed E-state index contributed by atoms with van der Waals surface area (Å²) >= 11 is 0. The molecular formula is C27H19NO4. The van der Waals surface area contributed by atoms with Gasteiger partial charge >= 0.3 is 0 Å². The molecule has 0 fully saturated rings. The molecule has 1 aromatic heterocycles. The van der Waals surface area contributed by atoms with E-state index in [9.17, 15) is 9.59 Å². The van der Waals surface area contributed by atoms with Gasteiger partial charge in [-0.15, -0.1) is 0 Å². The Morgan fingerprint density at radius 1 is 0.844 bits per heavy atom. The van der Waals surface area contributed by atoms with Crippen LogP contribution in [0.3, 0.4) is 0 Å². The third-order valence-corrected chi connectivity index (χ3v) is 5.23. The number of carbonyl (C=O) groups excluding carboxylic acids is 1. The van der Waals surface area contributed by atoms with Crippen molar-refractivity contribution in [3.8, 4) is 16.9 Å². The molecule has 1 N–H and O–H groups in total. The standard InChI is InChI=1S/C27H19NO4/c29-26(28-21-11-10-18-6-4-5-9-20(18)14-21)17-31-22-12-13-23-25(15-22)32-16-24(27(23)30)19-7-2-1-3-8-19/h1-16H,17H2,(H,28,29). The van der Waals surface area contributed by atoms with E-state index in [1.54, 1.807) is 18.2 Å². The molecule has 5 heteroatoms. The molecule has 0 aliphatic carbocycles. The molecule has 1 heterocycles. The van der Waals surface area contributed by atoms with Crippen molar-refractivity contribution in [2.45, 2.75) is 0 Å². The number of ether oxygens (including phenoxy) is 1. The van der Waals surface area contributed by atoms with Gasteiger partial charge in [-0.05, 0) is 40.6 Å². The van der Waals surface area contributed by atoms with Crippen LogP contribution >= 0.6 is 0 Å². The van der Waals surface area contributed by atoms with E-state index in [0.717, 1.165) is 16.3 Å². The van der Waals surface area contributed by atoms with E-state index in [1.807, 2.05) is 72.8 Å². The summed E-state index contributed by atoms with van der Waals surface area (Å²) in [5, 5.41) is 5.45. The molecule has 0 aliphatic rings. The van der Waals surface area contributed by atoms with E-state index < -0.39 is 0 Å². The van der Waals surface area contributed by atoms with Gasteiger partial charge in [0, 0.05) is 11.8 Å². The van der Waals surface area contributed by atoms with Gasteiger partial charge in [0.05, 0.1) is 10.9 Å². The van der Waals surface area contributed by atoms with E-state index >= 15 is 0 Å². The van der Waals surface area contributed by atoms with Crippen LogP contribution in [-0.4, -0.2) is 12.5 Å². The highest BCUT2D eigenvalue weighted by molar-refractivity contribution is 5.95. The van der Waals surface area contributed by atoms with E-state index in [2.05, 4.69) is 5.32 Å². The zero-order valence-corrected chi connectivity index (χ0v) is 17.1. The summed E-state index contributed by atoms with van der Waals surface area (Å²) in [6.07, 6.45) is 1.45. The highest BCUT2D eigenvalue weighted by Gasteiger charge is 2.11. The number of fused-ring (bicyclic) bond motifs is 2. The van der Waals surface area contributed by atoms with Gasteiger partial charge in [-0.25, -0.2) is 0 Å².